The van der Waals surface area contributed by atoms with Gasteiger partial charge in [0.15, 0.2) is 10.2 Å². The molecule has 0 rings (SSSR count). The summed E-state index contributed by atoms with van der Waals surface area (Å²) >= 11 is 9.22. The van der Waals surface area contributed by atoms with E-state index < -0.39 is 0 Å². The van der Waals surface area contributed by atoms with Gasteiger partial charge in [0.2, 0.25) is 0 Å². The first-order valence-corrected chi connectivity index (χ1v) is 5.66. The second kappa shape index (κ2) is 9.87. The number of nitrogens with zero attached hydrogens (tertiary/aromatic N) is 2. The highest BCUT2D eigenvalue weighted by atomic mass is 32.1. The molecule has 0 aromatic heterocycles. The van der Waals surface area contributed by atoms with Crippen molar-refractivity contribution in [1.29, 1.82) is 0 Å². The zero-order chi connectivity index (χ0) is 13.1. The summed E-state index contributed by atoms with van der Waals surface area (Å²) in [5, 5.41) is 7.87. The molecule has 0 saturated heterocycles. The zero-order valence-corrected chi connectivity index (χ0v) is 11.1. The van der Waals surface area contributed by atoms with Crippen LogP contribution in [0, 0.1) is 0 Å². The Bertz CT molecular complexity index is 317. The third-order valence-corrected chi connectivity index (χ3v) is 1.59. The molecule has 0 aliphatic heterocycles. The summed E-state index contributed by atoms with van der Waals surface area (Å²) in [6.07, 6.45) is 2.02. The standard InChI is InChI=1S/C8H16N6OS2/c1-2-15-4-3-6(12-14-8(10)17)5-11-13-7(9)16/h5H,2-4H2,1H3,(H3,9,13,16)(H3,10,14,17). The van der Waals surface area contributed by atoms with Crippen LogP contribution in [0.15, 0.2) is 10.2 Å². The molecule has 17 heavy (non-hydrogen) atoms. The topological polar surface area (TPSA) is 110 Å². The van der Waals surface area contributed by atoms with E-state index in [4.69, 9.17) is 16.2 Å². The summed E-state index contributed by atoms with van der Waals surface area (Å²) in [5.74, 6) is 0. The smallest absolute Gasteiger partial charge is 0.184 e. The van der Waals surface area contributed by atoms with Crippen LogP contribution < -0.4 is 22.3 Å². The van der Waals surface area contributed by atoms with Gasteiger partial charge in [-0.25, -0.2) is 0 Å². The lowest BCUT2D eigenvalue weighted by Crippen LogP contribution is -2.27. The molecule has 0 aromatic carbocycles. The van der Waals surface area contributed by atoms with Crippen molar-refractivity contribution in [1.82, 2.24) is 10.9 Å². The van der Waals surface area contributed by atoms with Gasteiger partial charge in [0, 0.05) is 13.0 Å². The fraction of sp³-hybridized carbons (Fsp3) is 0.500. The Labute approximate surface area is 111 Å². The average molecular weight is 276 g/mol. The molecule has 0 unspecified atom stereocenters. The first kappa shape index (κ1) is 15.7. The molecule has 7 nitrogen and oxygen atoms in total. The van der Waals surface area contributed by atoms with Crippen LogP contribution in [0.4, 0.5) is 0 Å². The van der Waals surface area contributed by atoms with E-state index in [1.54, 1.807) is 0 Å². The second-order valence-corrected chi connectivity index (χ2v) is 3.64. The van der Waals surface area contributed by atoms with E-state index in [1.807, 2.05) is 6.92 Å². The van der Waals surface area contributed by atoms with Crippen LogP contribution in [0.1, 0.15) is 13.3 Å². The molecule has 0 amide bonds. The number of rotatable bonds is 7. The number of nitrogens with one attached hydrogen (secondary N) is 2. The van der Waals surface area contributed by atoms with Crippen LogP contribution in [0.2, 0.25) is 0 Å². The number of nitrogens with two attached hydrogens (primary N) is 2. The van der Waals surface area contributed by atoms with E-state index in [2.05, 4.69) is 45.5 Å². The van der Waals surface area contributed by atoms with E-state index >= 15 is 0 Å². The summed E-state index contributed by atoms with van der Waals surface area (Å²) in [7, 11) is 0. The van der Waals surface area contributed by atoms with Gasteiger partial charge in [0.1, 0.15) is 0 Å². The van der Waals surface area contributed by atoms with Gasteiger partial charge in [0.05, 0.1) is 18.5 Å². The summed E-state index contributed by atoms with van der Waals surface area (Å²) in [6.45, 7) is 3.07. The van der Waals surface area contributed by atoms with Crippen molar-refractivity contribution in [2.45, 2.75) is 13.3 Å². The van der Waals surface area contributed by atoms with Gasteiger partial charge in [-0.1, -0.05) is 0 Å². The van der Waals surface area contributed by atoms with E-state index in [1.165, 1.54) is 6.21 Å². The Morgan fingerprint density at radius 1 is 1.29 bits per heavy atom. The minimum Gasteiger partial charge on any atom is -0.381 e. The first-order valence-electron chi connectivity index (χ1n) is 4.84. The fourth-order valence-corrected chi connectivity index (χ4v) is 0.866. The van der Waals surface area contributed by atoms with Crippen LogP contribution in [0.25, 0.3) is 0 Å². The normalized spacial score (nSPS) is 11.5. The highest BCUT2D eigenvalue weighted by Gasteiger charge is 1.97. The molecule has 0 aromatic rings. The van der Waals surface area contributed by atoms with Crippen molar-refractivity contribution >= 4 is 46.6 Å². The van der Waals surface area contributed by atoms with E-state index in [-0.39, 0.29) is 10.2 Å². The maximum atomic E-state index is 5.25. The predicted octanol–water partition coefficient (Wildman–Crippen LogP) is -0.579. The Morgan fingerprint density at radius 2 is 1.94 bits per heavy atom. The monoisotopic (exact) mass is 276 g/mol. The summed E-state index contributed by atoms with van der Waals surface area (Å²) in [6, 6.07) is 0. The molecule has 9 heteroatoms. The molecule has 96 valence electrons. The van der Waals surface area contributed by atoms with E-state index in [0.717, 1.165) is 0 Å². The van der Waals surface area contributed by atoms with Crippen molar-refractivity contribution in [3.05, 3.63) is 0 Å². The zero-order valence-electron chi connectivity index (χ0n) is 9.47. The first-order chi connectivity index (χ1) is 8.06. The Balaban J connectivity index is 4.28. The molecular formula is C8H16N6OS2. The van der Waals surface area contributed by atoms with Crippen molar-refractivity contribution < 1.29 is 4.74 Å². The molecule has 0 fully saturated rings. The number of ether oxygens (including phenoxy) is 1. The molecule has 0 atom stereocenters. The lowest BCUT2D eigenvalue weighted by molar-refractivity contribution is 0.155. The molecular weight excluding hydrogens is 260 g/mol. The molecule has 0 spiro atoms. The van der Waals surface area contributed by atoms with E-state index in [0.29, 0.717) is 25.3 Å². The molecule has 0 aliphatic carbocycles. The van der Waals surface area contributed by atoms with Gasteiger partial charge >= 0.3 is 0 Å². The second-order valence-electron chi connectivity index (χ2n) is 2.76. The van der Waals surface area contributed by atoms with E-state index in [9.17, 15) is 0 Å². The lowest BCUT2D eigenvalue weighted by Gasteiger charge is -2.03. The van der Waals surface area contributed by atoms with Crippen LogP contribution >= 0.6 is 24.4 Å². The number of hydrogen-bond acceptors (Lipinski definition) is 5. The average Bonchev–Trinajstić information content (AvgIpc) is 2.24. The summed E-state index contributed by atoms with van der Waals surface area (Å²) < 4.78 is 5.19. The van der Waals surface area contributed by atoms with Gasteiger partial charge in [0.25, 0.3) is 0 Å². The van der Waals surface area contributed by atoms with Gasteiger partial charge in [-0.3, -0.25) is 10.9 Å². The lowest BCUT2D eigenvalue weighted by atomic mass is 10.3. The van der Waals surface area contributed by atoms with Crippen LogP contribution in [0.3, 0.4) is 0 Å². The summed E-state index contributed by atoms with van der Waals surface area (Å²) in [4.78, 5) is 0. The van der Waals surface area contributed by atoms with Crippen molar-refractivity contribution in [2.75, 3.05) is 13.2 Å². The van der Waals surface area contributed by atoms with Crippen molar-refractivity contribution in [2.24, 2.45) is 21.7 Å². The minimum absolute atomic E-state index is 0.0766. The van der Waals surface area contributed by atoms with Gasteiger partial charge in [-0.05, 0) is 31.4 Å². The number of hydrazone groups is 2. The van der Waals surface area contributed by atoms with Crippen LogP contribution in [0.5, 0.6) is 0 Å². The van der Waals surface area contributed by atoms with Gasteiger partial charge < -0.3 is 16.2 Å². The Morgan fingerprint density at radius 3 is 2.47 bits per heavy atom. The molecule has 6 N–H and O–H groups in total. The maximum absolute atomic E-state index is 5.25. The predicted molar refractivity (Wildman–Crippen MR) is 76.9 cm³/mol. The quantitative estimate of drug-likeness (QED) is 0.213. The molecule has 0 saturated carbocycles. The third-order valence-electron chi connectivity index (χ3n) is 1.40. The molecule has 0 heterocycles. The maximum Gasteiger partial charge on any atom is 0.184 e. The highest BCUT2D eigenvalue weighted by molar-refractivity contribution is 7.80. The Kier molecular flexibility index (Phi) is 9.11. The number of hydrogen-bond donors (Lipinski definition) is 4. The highest BCUT2D eigenvalue weighted by Crippen LogP contribution is 1.86. The fourth-order valence-electron chi connectivity index (χ4n) is 0.768. The summed E-state index contributed by atoms with van der Waals surface area (Å²) in [5.41, 5.74) is 16.0. The third kappa shape index (κ3) is 11.0. The van der Waals surface area contributed by atoms with Gasteiger partial charge in [-0.15, -0.1) is 0 Å². The van der Waals surface area contributed by atoms with Crippen LogP contribution in [-0.4, -0.2) is 35.4 Å². The largest absolute Gasteiger partial charge is 0.381 e. The number of thiocarbonyl (C=S) groups is 2. The van der Waals surface area contributed by atoms with Crippen LogP contribution in [-0.2, 0) is 4.74 Å². The van der Waals surface area contributed by atoms with Gasteiger partial charge in [-0.2, -0.15) is 10.2 Å². The SMILES string of the molecule is CCOCCC(C=NNC(N)=S)=NNC(N)=S. The molecule has 0 bridgehead atoms. The molecule has 0 radical (unpaired) electrons. The van der Waals surface area contributed by atoms with Crippen molar-refractivity contribution in [3.8, 4) is 0 Å². The minimum atomic E-state index is 0.0766. The van der Waals surface area contributed by atoms with Crippen molar-refractivity contribution in [3.63, 3.8) is 0 Å². The Hall–Kier alpha value is -1.32. The molecule has 0 aliphatic rings.